The Balaban J connectivity index is 1.66. The number of nitrogens with zero attached hydrogens (tertiary/aromatic N) is 3. The van der Waals surface area contributed by atoms with Crippen molar-refractivity contribution in [1.29, 1.82) is 0 Å². The van der Waals surface area contributed by atoms with Crippen molar-refractivity contribution in [2.45, 2.75) is 39.3 Å². The molecule has 0 saturated heterocycles. The van der Waals surface area contributed by atoms with Crippen molar-refractivity contribution >= 4 is 0 Å². The fourth-order valence-corrected chi connectivity index (χ4v) is 4.42. The van der Waals surface area contributed by atoms with E-state index in [-0.39, 0.29) is 0 Å². The molecule has 4 rings (SSSR count). The molecular weight excluding hydrogens is 462 g/mol. The van der Waals surface area contributed by atoms with Gasteiger partial charge < -0.3 is 14.6 Å². The third kappa shape index (κ3) is 7.29. The lowest BCUT2D eigenvalue weighted by Crippen LogP contribution is -2.35. The van der Waals surface area contributed by atoms with Crippen LogP contribution in [-0.2, 0) is 24.1 Å². The Bertz CT molecular complexity index is 1220. The summed E-state index contributed by atoms with van der Waals surface area (Å²) in [6.45, 7) is 6.54. The molecule has 1 N–H and O–H groups in total. The molecule has 37 heavy (non-hydrogen) atoms. The van der Waals surface area contributed by atoms with Gasteiger partial charge in [0.25, 0.3) is 0 Å². The third-order valence-electron chi connectivity index (χ3n) is 6.37. The average molecular weight is 500 g/mol. The molecule has 0 aliphatic rings. The zero-order valence-corrected chi connectivity index (χ0v) is 22.0. The smallest absolute Gasteiger partial charge is 0.227 e. The van der Waals surface area contributed by atoms with Crippen molar-refractivity contribution in [3.8, 4) is 17.3 Å². The summed E-state index contributed by atoms with van der Waals surface area (Å²) in [6, 6.07) is 28.2. The second-order valence-electron chi connectivity index (χ2n) is 9.32. The number of hydrogen-bond donors (Lipinski definition) is 1. The van der Waals surface area contributed by atoms with Crippen LogP contribution in [0.4, 0.5) is 0 Å². The van der Waals surface area contributed by atoms with Gasteiger partial charge in [-0.05, 0) is 49.6 Å². The van der Waals surface area contributed by atoms with Gasteiger partial charge in [0.15, 0.2) is 0 Å². The van der Waals surface area contributed by atoms with Crippen LogP contribution in [0.3, 0.4) is 0 Å². The Morgan fingerprint density at radius 2 is 1.62 bits per heavy atom. The van der Waals surface area contributed by atoms with Crippen LogP contribution in [0.2, 0.25) is 0 Å². The summed E-state index contributed by atoms with van der Waals surface area (Å²) in [7, 11) is 1.70. The second-order valence-corrected chi connectivity index (χ2v) is 9.32. The molecule has 0 bridgehead atoms. The van der Waals surface area contributed by atoms with Gasteiger partial charge in [-0.15, -0.1) is 0 Å². The summed E-state index contributed by atoms with van der Waals surface area (Å²) in [5.74, 6) is 1.46. The molecule has 0 saturated carbocycles. The molecule has 0 radical (unpaired) electrons. The fourth-order valence-electron chi connectivity index (χ4n) is 4.42. The van der Waals surface area contributed by atoms with Crippen LogP contribution >= 0.6 is 0 Å². The van der Waals surface area contributed by atoms with Gasteiger partial charge in [0.1, 0.15) is 5.75 Å². The molecule has 0 aliphatic heterocycles. The minimum Gasteiger partial charge on any atom is -0.439 e. The lowest BCUT2D eigenvalue weighted by Gasteiger charge is -2.25. The molecule has 194 valence electrons. The molecule has 4 aromatic rings. The number of aliphatic hydroxyl groups is 1. The Kier molecular flexibility index (Phi) is 9.49. The van der Waals surface area contributed by atoms with Crippen LogP contribution < -0.4 is 4.74 Å². The molecular formula is C31H37N3O3. The predicted octanol–water partition coefficient (Wildman–Crippen LogP) is 5.59. The normalized spacial score (nSPS) is 12.1. The summed E-state index contributed by atoms with van der Waals surface area (Å²) in [6.07, 6.45) is 0.861. The molecule has 1 atom stereocenters. The Morgan fingerprint density at radius 3 is 2.27 bits per heavy atom. The number of ether oxygens (including phenoxy) is 2. The fraction of sp³-hybridized carbons (Fsp3) is 0.323. The number of aliphatic hydroxyl groups excluding tert-OH is 1. The number of benzene rings is 3. The van der Waals surface area contributed by atoms with Crippen LogP contribution in [0.5, 0.6) is 11.6 Å². The molecule has 0 spiro atoms. The van der Waals surface area contributed by atoms with E-state index in [1.165, 1.54) is 5.56 Å². The van der Waals surface area contributed by atoms with Gasteiger partial charge >= 0.3 is 0 Å². The standard InChI is InChI=1S/C31H37N3O3/c1-4-30-29(23-33(19-20-36-3)22-27(35)21-25-11-7-5-8-12-25)31(37-28-17-15-24(2)16-18-28)34(32-30)26-13-9-6-10-14-26/h5-18,27,35H,4,19-23H2,1-3H3/t27-/m1/s1. The molecule has 1 aromatic heterocycles. The summed E-state index contributed by atoms with van der Waals surface area (Å²) < 4.78 is 13.8. The molecule has 0 unspecified atom stereocenters. The monoisotopic (exact) mass is 499 g/mol. The van der Waals surface area contributed by atoms with E-state index in [0.29, 0.717) is 38.5 Å². The van der Waals surface area contributed by atoms with E-state index in [2.05, 4.69) is 30.9 Å². The highest BCUT2D eigenvalue weighted by atomic mass is 16.5. The Labute approximate surface area is 220 Å². The molecule has 6 heteroatoms. The number of aryl methyl sites for hydroxylation is 2. The summed E-state index contributed by atoms with van der Waals surface area (Å²) in [4.78, 5) is 2.23. The average Bonchev–Trinajstić information content (AvgIpc) is 3.26. The second kappa shape index (κ2) is 13.2. The first-order valence-corrected chi connectivity index (χ1v) is 12.9. The van der Waals surface area contributed by atoms with Crippen molar-refractivity contribution in [2.24, 2.45) is 0 Å². The number of hydrogen-bond acceptors (Lipinski definition) is 5. The molecule has 0 aliphatic carbocycles. The van der Waals surface area contributed by atoms with Crippen molar-refractivity contribution in [3.63, 3.8) is 0 Å². The Hall–Kier alpha value is -3.45. The number of rotatable bonds is 13. The highest BCUT2D eigenvalue weighted by Crippen LogP contribution is 2.32. The topological polar surface area (TPSA) is 59.8 Å². The minimum atomic E-state index is -0.505. The van der Waals surface area contributed by atoms with E-state index in [4.69, 9.17) is 14.6 Å². The van der Waals surface area contributed by atoms with Gasteiger partial charge in [0.2, 0.25) is 5.88 Å². The first-order chi connectivity index (χ1) is 18.1. The number of para-hydroxylation sites is 1. The van der Waals surface area contributed by atoms with Gasteiger partial charge in [-0.25, -0.2) is 4.68 Å². The maximum absolute atomic E-state index is 11.0. The largest absolute Gasteiger partial charge is 0.439 e. The van der Waals surface area contributed by atoms with Gasteiger partial charge in [0, 0.05) is 26.7 Å². The van der Waals surface area contributed by atoms with Crippen LogP contribution in [-0.4, -0.2) is 52.7 Å². The SMILES string of the molecule is CCc1nn(-c2ccccc2)c(Oc2ccc(C)cc2)c1CN(CCOC)C[C@H](O)Cc1ccccc1. The van der Waals surface area contributed by atoms with Crippen molar-refractivity contribution < 1.29 is 14.6 Å². The predicted molar refractivity (Wildman–Crippen MR) is 148 cm³/mol. The van der Waals surface area contributed by atoms with Crippen LogP contribution in [0.25, 0.3) is 5.69 Å². The van der Waals surface area contributed by atoms with Gasteiger partial charge in [0.05, 0.1) is 29.7 Å². The lowest BCUT2D eigenvalue weighted by atomic mass is 10.1. The van der Waals surface area contributed by atoms with E-state index < -0.39 is 6.10 Å². The van der Waals surface area contributed by atoms with Gasteiger partial charge in [-0.3, -0.25) is 4.90 Å². The first kappa shape index (κ1) is 26.6. The molecule has 1 heterocycles. The number of aromatic nitrogens is 2. The minimum absolute atomic E-state index is 0.505. The molecule has 3 aromatic carbocycles. The van der Waals surface area contributed by atoms with E-state index in [1.54, 1.807) is 7.11 Å². The third-order valence-corrected chi connectivity index (χ3v) is 6.37. The summed E-state index contributed by atoms with van der Waals surface area (Å²) in [5, 5.41) is 15.9. The maximum atomic E-state index is 11.0. The van der Waals surface area contributed by atoms with Crippen LogP contribution in [0.1, 0.15) is 29.3 Å². The quantitative estimate of drug-likeness (QED) is 0.260. The van der Waals surface area contributed by atoms with Gasteiger partial charge in [-0.1, -0.05) is 73.2 Å². The van der Waals surface area contributed by atoms with E-state index in [0.717, 1.165) is 34.7 Å². The molecule has 0 fully saturated rings. The van der Waals surface area contributed by atoms with Crippen molar-refractivity contribution in [1.82, 2.24) is 14.7 Å². The first-order valence-electron chi connectivity index (χ1n) is 12.9. The molecule has 6 nitrogen and oxygen atoms in total. The van der Waals surface area contributed by atoms with Crippen LogP contribution in [0, 0.1) is 6.92 Å². The van der Waals surface area contributed by atoms with E-state index in [1.807, 2.05) is 77.5 Å². The molecule has 0 amide bonds. The van der Waals surface area contributed by atoms with Crippen LogP contribution in [0.15, 0.2) is 84.9 Å². The zero-order valence-electron chi connectivity index (χ0n) is 22.0. The number of methoxy groups -OCH3 is 1. The summed E-state index contributed by atoms with van der Waals surface area (Å²) in [5.41, 5.74) is 5.24. The van der Waals surface area contributed by atoms with E-state index in [9.17, 15) is 5.11 Å². The maximum Gasteiger partial charge on any atom is 0.227 e. The Morgan fingerprint density at radius 1 is 0.946 bits per heavy atom. The van der Waals surface area contributed by atoms with E-state index >= 15 is 0 Å². The summed E-state index contributed by atoms with van der Waals surface area (Å²) >= 11 is 0. The van der Waals surface area contributed by atoms with Crippen molar-refractivity contribution in [3.05, 3.63) is 107 Å². The highest BCUT2D eigenvalue weighted by molar-refractivity contribution is 5.44. The highest BCUT2D eigenvalue weighted by Gasteiger charge is 2.23. The van der Waals surface area contributed by atoms with Gasteiger partial charge in [-0.2, -0.15) is 5.10 Å². The lowest BCUT2D eigenvalue weighted by molar-refractivity contribution is 0.0846. The zero-order chi connectivity index (χ0) is 26.0. The van der Waals surface area contributed by atoms with Crippen molar-refractivity contribution in [2.75, 3.05) is 26.8 Å².